The zero-order valence-electron chi connectivity index (χ0n) is 10.7. The Hall–Kier alpha value is 0.246. The predicted molar refractivity (Wildman–Crippen MR) is 66.0 cm³/mol. The number of hydrogen-bond donors (Lipinski definition) is 0. The van der Waals surface area contributed by atoms with Gasteiger partial charge in [0.2, 0.25) is 0 Å². The first-order valence-corrected chi connectivity index (χ1v) is 6.79. The van der Waals surface area contributed by atoms with E-state index in [1.807, 2.05) is 38.1 Å². The minimum Gasteiger partial charge on any atom is -0.744 e. The largest absolute Gasteiger partial charge is 1.00 e. The molecule has 0 aromatic heterocycles. The van der Waals surface area contributed by atoms with Crippen LogP contribution in [0.2, 0.25) is 0 Å². The Morgan fingerprint density at radius 2 is 1.67 bits per heavy atom. The third-order valence-corrected chi connectivity index (χ3v) is 3.67. The summed E-state index contributed by atoms with van der Waals surface area (Å²) in [4.78, 5) is -0.105. The Balaban J connectivity index is 0.00000162. The Morgan fingerprint density at radius 1 is 1.06 bits per heavy atom. The molecule has 0 amide bonds. The van der Waals surface area contributed by atoms with E-state index in [0.29, 0.717) is 5.56 Å². The van der Waals surface area contributed by atoms with Crippen LogP contribution in [-0.4, -0.2) is 13.0 Å². The zero-order chi connectivity index (χ0) is 12.6. The molecule has 0 aliphatic heterocycles. The third-order valence-electron chi connectivity index (χ3n) is 2.78. The van der Waals surface area contributed by atoms with E-state index >= 15 is 0 Å². The van der Waals surface area contributed by atoms with Crippen LogP contribution in [0.1, 0.15) is 25.3 Å². The van der Waals surface area contributed by atoms with Crippen molar-refractivity contribution in [1.82, 2.24) is 0 Å². The summed E-state index contributed by atoms with van der Waals surface area (Å²) in [6.07, 6.45) is 0. The molecule has 0 saturated carbocycles. The van der Waals surface area contributed by atoms with Gasteiger partial charge in [0.1, 0.15) is 10.1 Å². The monoisotopic (exact) mass is 288 g/mol. The van der Waals surface area contributed by atoms with Crippen molar-refractivity contribution in [1.29, 1.82) is 0 Å². The average Bonchev–Trinajstić information content (AvgIpc) is 2.26. The smallest absolute Gasteiger partial charge is 0.744 e. The van der Waals surface area contributed by atoms with Crippen LogP contribution in [0.4, 0.5) is 0 Å². The third kappa shape index (κ3) is 3.22. The molecule has 0 aliphatic rings. The molecular weight excluding hydrogens is 275 g/mol. The van der Waals surface area contributed by atoms with Crippen LogP contribution < -0.4 is 51.4 Å². The van der Waals surface area contributed by atoms with Crippen LogP contribution in [-0.2, 0) is 10.1 Å². The van der Waals surface area contributed by atoms with Crippen molar-refractivity contribution < 1.29 is 64.4 Å². The molecule has 0 N–H and O–H groups in total. The normalized spacial score (nSPS) is 11.6. The molecule has 0 radical (unpaired) electrons. The standard InChI is InChI=1S/C13H14O3S.K/c1-9(2)13-11-6-4-3-5-10(11)7-8-12(13)17(14,15)16;/h3-9H,1-2H3,(H,14,15,16);/q;+1/p-1. The molecule has 0 atom stereocenters. The minimum atomic E-state index is -4.42. The van der Waals surface area contributed by atoms with Gasteiger partial charge in [-0.25, -0.2) is 8.42 Å². The molecular formula is C13H13KO3S. The van der Waals surface area contributed by atoms with Crippen LogP contribution in [0.3, 0.4) is 0 Å². The molecule has 0 unspecified atom stereocenters. The van der Waals surface area contributed by atoms with Crippen molar-refractivity contribution in [2.75, 3.05) is 0 Å². The van der Waals surface area contributed by atoms with Gasteiger partial charge < -0.3 is 4.55 Å². The summed E-state index contributed by atoms with van der Waals surface area (Å²) in [5, 5.41) is 1.78. The van der Waals surface area contributed by atoms with E-state index in [9.17, 15) is 13.0 Å². The molecule has 5 heteroatoms. The number of fused-ring (bicyclic) bond motifs is 1. The Labute approximate surface area is 150 Å². The van der Waals surface area contributed by atoms with Crippen molar-refractivity contribution in [2.45, 2.75) is 24.7 Å². The van der Waals surface area contributed by atoms with Crippen molar-refractivity contribution in [3.63, 3.8) is 0 Å². The number of rotatable bonds is 2. The first-order valence-electron chi connectivity index (χ1n) is 5.39. The average molecular weight is 288 g/mol. The van der Waals surface area contributed by atoms with Gasteiger partial charge in [-0.05, 0) is 28.3 Å². The second-order valence-electron chi connectivity index (χ2n) is 4.31. The minimum absolute atomic E-state index is 0. The molecule has 0 bridgehead atoms. The maximum atomic E-state index is 11.2. The van der Waals surface area contributed by atoms with Crippen molar-refractivity contribution in [2.24, 2.45) is 0 Å². The molecule has 0 fully saturated rings. The van der Waals surface area contributed by atoms with Gasteiger partial charge in [0.15, 0.2) is 0 Å². The van der Waals surface area contributed by atoms with Crippen LogP contribution in [0.5, 0.6) is 0 Å². The van der Waals surface area contributed by atoms with E-state index in [2.05, 4.69) is 0 Å². The molecule has 90 valence electrons. The quantitative estimate of drug-likeness (QED) is 0.571. The molecule has 18 heavy (non-hydrogen) atoms. The van der Waals surface area contributed by atoms with E-state index in [-0.39, 0.29) is 62.2 Å². The molecule has 2 aromatic rings. The fourth-order valence-corrected chi connectivity index (χ4v) is 2.94. The van der Waals surface area contributed by atoms with Crippen molar-refractivity contribution in [3.8, 4) is 0 Å². The second-order valence-corrected chi connectivity index (χ2v) is 5.66. The van der Waals surface area contributed by atoms with Crippen LogP contribution in [0.15, 0.2) is 41.3 Å². The second kappa shape index (κ2) is 6.13. The van der Waals surface area contributed by atoms with Gasteiger partial charge in [-0.2, -0.15) is 0 Å². The molecule has 0 spiro atoms. The number of benzene rings is 2. The van der Waals surface area contributed by atoms with Gasteiger partial charge in [-0.15, -0.1) is 0 Å². The van der Waals surface area contributed by atoms with E-state index in [0.717, 1.165) is 10.8 Å². The van der Waals surface area contributed by atoms with E-state index in [1.54, 1.807) is 6.07 Å². The van der Waals surface area contributed by atoms with Gasteiger partial charge in [0.25, 0.3) is 0 Å². The van der Waals surface area contributed by atoms with Crippen LogP contribution in [0, 0.1) is 0 Å². The molecule has 2 aromatic carbocycles. The summed E-state index contributed by atoms with van der Waals surface area (Å²) >= 11 is 0. The molecule has 0 saturated heterocycles. The summed E-state index contributed by atoms with van der Waals surface area (Å²) in [5.74, 6) is -0.0141. The zero-order valence-corrected chi connectivity index (χ0v) is 14.6. The molecule has 2 rings (SSSR count). The van der Waals surface area contributed by atoms with Crippen molar-refractivity contribution >= 4 is 20.9 Å². The van der Waals surface area contributed by atoms with Gasteiger partial charge in [-0.1, -0.05) is 44.2 Å². The fraction of sp³-hybridized carbons (Fsp3) is 0.231. The predicted octanol–water partition coefficient (Wildman–Crippen LogP) is -0.129. The van der Waals surface area contributed by atoms with Gasteiger partial charge in [0, 0.05) is 0 Å². The summed E-state index contributed by atoms with van der Waals surface area (Å²) in [6, 6.07) is 10.6. The van der Waals surface area contributed by atoms with Crippen LogP contribution >= 0.6 is 0 Å². The van der Waals surface area contributed by atoms with E-state index < -0.39 is 10.1 Å². The maximum absolute atomic E-state index is 11.2. The van der Waals surface area contributed by atoms with Crippen LogP contribution in [0.25, 0.3) is 10.8 Å². The van der Waals surface area contributed by atoms with Gasteiger partial charge in [-0.3, -0.25) is 0 Å². The first-order chi connectivity index (χ1) is 7.91. The molecule has 0 heterocycles. The van der Waals surface area contributed by atoms with Gasteiger partial charge >= 0.3 is 51.4 Å². The maximum Gasteiger partial charge on any atom is 1.00 e. The Kier molecular flexibility index (Phi) is 5.55. The fourth-order valence-electron chi connectivity index (χ4n) is 2.09. The summed E-state index contributed by atoms with van der Waals surface area (Å²) in [5.41, 5.74) is 0.609. The molecule has 0 aliphatic carbocycles. The Bertz CT molecular complexity index is 663. The van der Waals surface area contributed by atoms with Crippen molar-refractivity contribution in [3.05, 3.63) is 42.0 Å². The first kappa shape index (κ1) is 16.3. The van der Waals surface area contributed by atoms with E-state index in [1.165, 1.54) is 6.07 Å². The summed E-state index contributed by atoms with van der Waals surface area (Å²) in [6.45, 7) is 3.77. The SMILES string of the molecule is CC(C)c1c(S(=O)(=O)[O-])ccc2ccccc12.[K+]. The summed E-state index contributed by atoms with van der Waals surface area (Å²) in [7, 11) is -4.42. The molecule has 3 nitrogen and oxygen atoms in total. The summed E-state index contributed by atoms with van der Waals surface area (Å²) < 4.78 is 33.7. The van der Waals surface area contributed by atoms with E-state index in [4.69, 9.17) is 0 Å². The number of hydrogen-bond acceptors (Lipinski definition) is 3. The van der Waals surface area contributed by atoms with Gasteiger partial charge in [0.05, 0.1) is 4.90 Å². The Morgan fingerprint density at radius 3 is 2.22 bits per heavy atom. The topological polar surface area (TPSA) is 57.2 Å².